The zero-order valence-corrected chi connectivity index (χ0v) is 12.4. The number of rotatable bonds is 4. The number of benzene rings is 2. The van der Waals surface area contributed by atoms with Gasteiger partial charge in [-0.3, -0.25) is 4.79 Å². The molecule has 0 bridgehead atoms. The summed E-state index contributed by atoms with van der Waals surface area (Å²) in [4.78, 5) is 12.2. The first-order valence-corrected chi connectivity index (χ1v) is 7.62. The highest BCUT2D eigenvalue weighted by Crippen LogP contribution is 2.26. The van der Waals surface area contributed by atoms with Crippen molar-refractivity contribution in [1.82, 2.24) is 5.32 Å². The van der Waals surface area contributed by atoms with Crippen molar-refractivity contribution in [3.63, 3.8) is 0 Å². The zero-order valence-electron chi connectivity index (χ0n) is 12.4. The van der Waals surface area contributed by atoms with E-state index in [-0.39, 0.29) is 11.8 Å². The lowest BCUT2D eigenvalue weighted by atomic mass is 10.1. The Bertz CT molecular complexity index is 605. The van der Waals surface area contributed by atoms with Crippen LogP contribution in [0, 0.1) is 12.8 Å². The molecule has 108 valence electrons. The van der Waals surface area contributed by atoms with Gasteiger partial charge in [0.15, 0.2) is 0 Å². The van der Waals surface area contributed by atoms with E-state index in [1.807, 2.05) is 0 Å². The number of amides is 1. The first-order valence-electron chi connectivity index (χ1n) is 7.62. The van der Waals surface area contributed by atoms with Crippen LogP contribution in [0.3, 0.4) is 0 Å². The van der Waals surface area contributed by atoms with Gasteiger partial charge in [0.05, 0.1) is 0 Å². The van der Waals surface area contributed by atoms with E-state index >= 15 is 0 Å². The fourth-order valence-corrected chi connectivity index (χ4v) is 2.97. The summed E-state index contributed by atoms with van der Waals surface area (Å²) in [7, 11) is 0. The molecule has 0 saturated heterocycles. The summed E-state index contributed by atoms with van der Waals surface area (Å²) in [6, 6.07) is 16.9. The van der Waals surface area contributed by atoms with Gasteiger partial charge in [0.1, 0.15) is 0 Å². The van der Waals surface area contributed by atoms with E-state index in [1.54, 1.807) is 0 Å². The Morgan fingerprint density at radius 2 is 1.67 bits per heavy atom. The van der Waals surface area contributed by atoms with Crippen molar-refractivity contribution in [2.75, 3.05) is 6.54 Å². The maximum atomic E-state index is 12.2. The van der Waals surface area contributed by atoms with Crippen molar-refractivity contribution in [3.05, 3.63) is 70.8 Å². The highest BCUT2D eigenvalue weighted by atomic mass is 16.1. The van der Waals surface area contributed by atoms with Crippen LogP contribution in [0.25, 0.3) is 0 Å². The molecule has 0 fully saturated rings. The predicted octanol–water partition coefficient (Wildman–Crippen LogP) is 3.07. The van der Waals surface area contributed by atoms with Gasteiger partial charge in [-0.25, -0.2) is 0 Å². The smallest absolute Gasteiger partial charge is 0.223 e. The molecule has 0 heterocycles. The van der Waals surface area contributed by atoms with Crippen LogP contribution in [-0.2, 0) is 24.1 Å². The third-order valence-corrected chi connectivity index (χ3v) is 4.26. The SMILES string of the molecule is Cc1ccc(CCNC(=O)C2Cc3ccccc3C2)cc1. The van der Waals surface area contributed by atoms with Crippen LogP contribution in [0.5, 0.6) is 0 Å². The highest BCUT2D eigenvalue weighted by Gasteiger charge is 2.26. The van der Waals surface area contributed by atoms with Gasteiger partial charge in [0, 0.05) is 12.5 Å². The minimum atomic E-state index is 0.111. The number of carbonyl (C=O) groups is 1. The Morgan fingerprint density at radius 3 is 2.29 bits per heavy atom. The number of hydrogen-bond acceptors (Lipinski definition) is 1. The number of fused-ring (bicyclic) bond motifs is 1. The Kier molecular flexibility index (Phi) is 4.05. The first kappa shape index (κ1) is 13.9. The molecule has 3 rings (SSSR count). The van der Waals surface area contributed by atoms with Crippen molar-refractivity contribution in [1.29, 1.82) is 0 Å². The van der Waals surface area contributed by atoms with Gasteiger partial charge in [-0.2, -0.15) is 0 Å². The van der Waals surface area contributed by atoms with Gasteiger partial charge in [0.2, 0.25) is 5.91 Å². The molecule has 0 aliphatic heterocycles. The number of aryl methyl sites for hydroxylation is 1. The molecule has 2 nitrogen and oxygen atoms in total. The second kappa shape index (κ2) is 6.13. The first-order chi connectivity index (χ1) is 10.2. The molecule has 0 spiro atoms. The Labute approximate surface area is 126 Å². The second-order valence-electron chi connectivity index (χ2n) is 5.90. The van der Waals surface area contributed by atoms with Crippen molar-refractivity contribution in [2.24, 2.45) is 5.92 Å². The molecular formula is C19H21NO. The molecule has 0 unspecified atom stereocenters. The lowest BCUT2D eigenvalue weighted by molar-refractivity contribution is -0.124. The summed E-state index contributed by atoms with van der Waals surface area (Å²) in [6.07, 6.45) is 2.66. The Balaban J connectivity index is 1.48. The molecule has 1 aliphatic carbocycles. The lowest BCUT2D eigenvalue weighted by Gasteiger charge is -2.10. The van der Waals surface area contributed by atoms with E-state index in [0.29, 0.717) is 0 Å². The fourth-order valence-electron chi connectivity index (χ4n) is 2.97. The zero-order chi connectivity index (χ0) is 14.7. The molecule has 2 aromatic carbocycles. The van der Waals surface area contributed by atoms with Crippen molar-refractivity contribution >= 4 is 5.91 Å². The minimum Gasteiger partial charge on any atom is -0.356 e. The van der Waals surface area contributed by atoms with E-state index < -0.39 is 0 Å². The van der Waals surface area contributed by atoms with Gasteiger partial charge >= 0.3 is 0 Å². The molecular weight excluding hydrogens is 258 g/mol. The molecule has 0 saturated carbocycles. The second-order valence-corrected chi connectivity index (χ2v) is 5.90. The Hall–Kier alpha value is -2.09. The molecule has 0 aromatic heterocycles. The molecule has 2 aromatic rings. The van der Waals surface area contributed by atoms with Crippen molar-refractivity contribution in [2.45, 2.75) is 26.2 Å². The normalized spacial score (nSPS) is 14.0. The lowest BCUT2D eigenvalue weighted by Crippen LogP contribution is -2.32. The third-order valence-electron chi connectivity index (χ3n) is 4.26. The topological polar surface area (TPSA) is 29.1 Å². The maximum Gasteiger partial charge on any atom is 0.223 e. The van der Waals surface area contributed by atoms with E-state index in [1.165, 1.54) is 22.3 Å². The molecule has 1 aliphatic rings. The quantitative estimate of drug-likeness (QED) is 0.915. The summed E-state index contributed by atoms with van der Waals surface area (Å²) in [5.41, 5.74) is 5.20. The molecule has 1 amide bonds. The van der Waals surface area contributed by atoms with E-state index in [0.717, 1.165) is 25.8 Å². The van der Waals surface area contributed by atoms with Crippen molar-refractivity contribution in [3.8, 4) is 0 Å². The van der Waals surface area contributed by atoms with E-state index in [2.05, 4.69) is 60.8 Å². The van der Waals surface area contributed by atoms with Crippen LogP contribution in [0.1, 0.15) is 22.3 Å². The van der Waals surface area contributed by atoms with Crippen LogP contribution < -0.4 is 5.32 Å². The third kappa shape index (κ3) is 3.33. The average Bonchev–Trinajstić information content (AvgIpc) is 2.93. The molecule has 2 heteroatoms. The maximum absolute atomic E-state index is 12.2. The summed E-state index contributed by atoms with van der Waals surface area (Å²) >= 11 is 0. The summed E-state index contributed by atoms with van der Waals surface area (Å²) < 4.78 is 0. The van der Waals surface area contributed by atoms with E-state index in [4.69, 9.17) is 0 Å². The minimum absolute atomic E-state index is 0.111. The number of hydrogen-bond donors (Lipinski definition) is 1. The van der Waals surface area contributed by atoms with Crippen LogP contribution in [0.4, 0.5) is 0 Å². The van der Waals surface area contributed by atoms with Crippen LogP contribution in [-0.4, -0.2) is 12.5 Å². The number of nitrogens with one attached hydrogen (secondary N) is 1. The van der Waals surface area contributed by atoms with Gasteiger partial charge in [-0.1, -0.05) is 54.1 Å². The highest BCUT2D eigenvalue weighted by molar-refractivity contribution is 5.80. The summed E-state index contributed by atoms with van der Waals surface area (Å²) in [6.45, 7) is 2.80. The van der Waals surface area contributed by atoms with Gasteiger partial charge in [0.25, 0.3) is 0 Å². The van der Waals surface area contributed by atoms with E-state index in [9.17, 15) is 4.79 Å². The standard InChI is InChI=1S/C19H21NO/c1-14-6-8-15(9-7-14)10-11-20-19(21)18-12-16-4-2-3-5-17(16)13-18/h2-9,18H,10-13H2,1H3,(H,20,21). The van der Waals surface area contributed by atoms with Gasteiger partial charge in [-0.15, -0.1) is 0 Å². The molecule has 0 radical (unpaired) electrons. The van der Waals surface area contributed by atoms with Crippen molar-refractivity contribution < 1.29 is 4.79 Å². The molecule has 0 atom stereocenters. The summed E-state index contributed by atoms with van der Waals surface area (Å²) in [5, 5.41) is 3.08. The summed E-state index contributed by atoms with van der Waals surface area (Å²) in [5.74, 6) is 0.304. The average molecular weight is 279 g/mol. The fraction of sp³-hybridized carbons (Fsp3) is 0.316. The van der Waals surface area contributed by atoms with Crippen LogP contribution >= 0.6 is 0 Å². The Morgan fingerprint density at radius 1 is 1.05 bits per heavy atom. The molecule has 21 heavy (non-hydrogen) atoms. The predicted molar refractivity (Wildman–Crippen MR) is 85.2 cm³/mol. The number of carbonyl (C=O) groups excluding carboxylic acids is 1. The van der Waals surface area contributed by atoms with Gasteiger partial charge < -0.3 is 5.32 Å². The van der Waals surface area contributed by atoms with Crippen LogP contribution in [0.15, 0.2) is 48.5 Å². The monoisotopic (exact) mass is 279 g/mol. The van der Waals surface area contributed by atoms with Crippen LogP contribution in [0.2, 0.25) is 0 Å². The molecule has 1 N–H and O–H groups in total. The van der Waals surface area contributed by atoms with Gasteiger partial charge in [-0.05, 0) is 42.9 Å². The largest absolute Gasteiger partial charge is 0.356 e.